The summed E-state index contributed by atoms with van der Waals surface area (Å²) >= 11 is 0. The molecule has 1 aromatic rings. The summed E-state index contributed by atoms with van der Waals surface area (Å²) in [6.07, 6.45) is 7.37. The van der Waals surface area contributed by atoms with Crippen LogP contribution in [0.1, 0.15) is 65.0 Å². The number of hydrogen-bond acceptors (Lipinski definition) is 0. The van der Waals surface area contributed by atoms with Gasteiger partial charge in [-0.2, -0.15) is 0 Å². The number of aryl methyl sites for hydroxylation is 1. The average Bonchev–Trinajstić information content (AvgIpc) is 2.67. The molecule has 0 aliphatic carbocycles. The third-order valence-electron chi connectivity index (χ3n) is 2.68. The summed E-state index contributed by atoms with van der Waals surface area (Å²) in [5, 5.41) is 0. The van der Waals surface area contributed by atoms with E-state index in [0.717, 1.165) is 5.92 Å². The van der Waals surface area contributed by atoms with Gasteiger partial charge in [-0.15, -0.1) is 0 Å². The van der Waals surface area contributed by atoms with Gasteiger partial charge in [-0.1, -0.05) is 40.5 Å². The maximum Gasteiger partial charge on any atom is 0.0202 e. The first-order valence-electron chi connectivity index (χ1n) is 6.40. The van der Waals surface area contributed by atoms with Gasteiger partial charge in [0.15, 0.2) is 0 Å². The molecular formula is C14H27N. The van der Waals surface area contributed by atoms with Gasteiger partial charge in [-0.3, -0.25) is 0 Å². The van der Waals surface area contributed by atoms with Crippen molar-refractivity contribution in [3.8, 4) is 0 Å². The molecule has 0 bridgehead atoms. The van der Waals surface area contributed by atoms with Crippen LogP contribution in [0.2, 0.25) is 0 Å². The maximum atomic E-state index is 2.27. The molecule has 1 nitrogen and oxygen atoms in total. The van der Waals surface area contributed by atoms with Crippen molar-refractivity contribution >= 4 is 0 Å². The van der Waals surface area contributed by atoms with Crippen molar-refractivity contribution in [2.75, 3.05) is 0 Å². The summed E-state index contributed by atoms with van der Waals surface area (Å²) in [5.41, 5.74) is 1.50. The van der Waals surface area contributed by atoms with Crippen molar-refractivity contribution in [1.29, 1.82) is 0 Å². The lowest BCUT2D eigenvalue weighted by Gasteiger charge is -2.16. The van der Waals surface area contributed by atoms with Crippen LogP contribution in [-0.4, -0.2) is 4.57 Å². The highest BCUT2D eigenvalue weighted by Crippen LogP contribution is 2.25. The van der Waals surface area contributed by atoms with E-state index in [1.807, 2.05) is 13.8 Å². The molecule has 0 unspecified atom stereocenters. The fourth-order valence-corrected chi connectivity index (χ4v) is 2.04. The molecule has 1 heterocycles. The van der Waals surface area contributed by atoms with Gasteiger partial charge in [0.25, 0.3) is 0 Å². The number of nitrogens with zero attached hydrogens (tertiary/aromatic N) is 1. The lowest BCUT2D eigenvalue weighted by Crippen LogP contribution is -2.03. The summed E-state index contributed by atoms with van der Waals surface area (Å²) < 4.78 is 2.26. The minimum absolute atomic E-state index is 0.773. The molecule has 0 amide bonds. The molecule has 0 fully saturated rings. The Balaban J connectivity index is 0.000000921. The van der Waals surface area contributed by atoms with Crippen molar-refractivity contribution in [2.45, 2.75) is 59.3 Å². The van der Waals surface area contributed by atoms with Gasteiger partial charge in [-0.25, -0.2) is 0 Å². The third-order valence-corrected chi connectivity index (χ3v) is 2.68. The average molecular weight is 209 g/mol. The first kappa shape index (κ1) is 14.3. The zero-order chi connectivity index (χ0) is 11.7. The van der Waals surface area contributed by atoms with Crippen LogP contribution in [0, 0.1) is 0 Å². The van der Waals surface area contributed by atoms with E-state index in [0.29, 0.717) is 0 Å². The fraction of sp³-hybridized carbons (Fsp3) is 0.714. The second kappa shape index (κ2) is 8.58. The first-order chi connectivity index (χ1) is 7.29. The summed E-state index contributed by atoms with van der Waals surface area (Å²) in [4.78, 5) is 0. The molecule has 0 N–H and O–H groups in total. The van der Waals surface area contributed by atoms with Crippen molar-refractivity contribution in [2.24, 2.45) is 7.05 Å². The first-order valence-corrected chi connectivity index (χ1v) is 6.40. The molecule has 0 saturated heterocycles. The Morgan fingerprint density at radius 1 is 1.13 bits per heavy atom. The van der Waals surface area contributed by atoms with Crippen LogP contribution in [0.3, 0.4) is 0 Å². The number of hydrogen-bond donors (Lipinski definition) is 0. The summed E-state index contributed by atoms with van der Waals surface area (Å²) in [6.45, 7) is 8.54. The molecule has 0 radical (unpaired) electrons. The highest BCUT2D eigenvalue weighted by molar-refractivity contribution is 5.12. The van der Waals surface area contributed by atoms with Crippen molar-refractivity contribution in [3.63, 3.8) is 0 Å². The van der Waals surface area contributed by atoms with E-state index in [-0.39, 0.29) is 0 Å². The van der Waals surface area contributed by atoms with E-state index in [9.17, 15) is 0 Å². The molecule has 0 aromatic carbocycles. The van der Waals surface area contributed by atoms with Gasteiger partial charge < -0.3 is 4.57 Å². The number of aromatic nitrogens is 1. The molecule has 0 saturated carbocycles. The van der Waals surface area contributed by atoms with Gasteiger partial charge in [0.05, 0.1) is 0 Å². The summed E-state index contributed by atoms with van der Waals surface area (Å²) in [5.74, 6) is 0.773. The van der Waals surface area contributed by atoms with Crippen LogP contribution in [-0.2, 0) is 7.05 Å². The number of rotatable bonds is 5. The van der Waals surface area contributed by atoms with Crippen molar-refractivity contribution in [1.82, 2.24) is 4.57 Å². The highest BCUT2D eigenvalue weighted by atomic mass is 14.9. The van der Waals surface area contributed by atoms with Crippen LogP contribution in [0.4, 0.5) is 0 Å². The Bertz CT molecular complexity index is 231. The summed E-state index contributed by atoms with van der Waals surface area (Å²) in [7, 11) is 2.15. The van der Waals surface area contributed by atoms with Gasteiger partial charge in [0.2, 0.25) is 0 Å². The Labute approximate surface area is 95.5 Å². The zero-order valence-corrected chi connectivity index (χ0v) is 11.1. The Morgan fingerprint density at radius 2 is 1.67 bits per heavy atom. The maximum absolute atomic E-state index is 2.27. The van der Waals surface area contributed by atoms with Crippen LogP contribution in [0.5, 0.6) is 0 Å². The standard InChI is InChI=1S/C12H21N.C2H6/c1-4-7-11(8-5-2)12-9-6-10-13(12)3;1-2/h6,9-11H,4-5,7-8H2,1-3H3;1-2H3. The Morgan fingerprint density at radius 3 is 2.00 bits per heavy atom. The van der Waals surface area contributed by atoms with E-state index >= 15 is 0 Å². The van der Waals surface area contributed by atoms with Crippen molar-refractivity contribution in [3.05, 3.63) is 24.0 Å². The largest absolute Gasteiger partial charge is 0.354 e. The SMILES string of the molecule is CC.CCCC(CCC)c1cccn1C. The van der Waals surface area contributed by atoms with E-state index in [2.05, 4.69) is 43.8 Å². The van der Waals surface area contributed by atoms with E-state index in [1.54, 1.807) is 0 Å². The molecule has 1 heteroatoms. The van der Waals surface area contributed by atoms with Crippen LogP contribution in [0.15, 0.2) is 18.3 Å². The predicted octanol–water partition coefficient (Wildman–Crippen LogP) is 4.74. The normalized spacial score (nSPS) is 10.0. The van der Waals surface area contributed by atoms with Crippen LogP contribution in [0.25, 0.3) is 0 Å². The second-order valence-electron chi connectivity index (χ2n) is 3.82. The molecule has 1 aromatic heterocycles. The molecule has 88 valence electrons. The summed E-state index contributed by atoms with van der Waals surface area (Å²) in [6, 6.07) is 4.41. The monoisotopic (exact) mass is 209 g/mol. The minimum Gasteiger partial charge on any atom is -0.354 e. The molecule has 1 rings (SSSR count). The van der Waals surface area contributed by atoms with Crippen molar-refractivity contribution < 1.29 is 0 Å². The van der Waals surface area contributed by atoms with Gasteiger partial charge in [-0.05, 0) is 30.9 Å². The van der Waals surface area contributed by atoms with Crippen LogP contribution >= 0.6 is 0 Å². The molecule has 15 heavy (non-hydrogen) atoms. The quantitative estimate of drug-likeness (QED) is 0.660. The minimum atomic E-state index is 0.773. The molecular weight excluding hydrogens is 182 g/mol. The Hall–Kier alpha value is -0.720. The second-order valence-corrected chi connectivity index (χ2v) is 3.82. The molecule has 0 atom stereocenters. The van der Waals surface area contributed by atoms with Crippen LogP contribution < -0.4 is 0 Å². The lowest BCUT2D eigenvalue weighted by molar-refractivity contribution is 0.532. The van der Waals surface area contributed by atoms with E-state index in [1.165, 1.54) is 31.4 Å². The highest BCUT2D eigenvalue weighted by Gasteiger charge is 2.11. The van der Waals surface area contributed by atoms with Gasteiger partial charge >= 0.3 is 0 Å². The lowest BCUT2D eigenvalue weighted by atomic mass is 9.95. The van der Waals surface area contributed by atoms with E-state index in [4.69, 9.17) is 0 Å². The molecule has 0 spiro atoms. The predicted molar refractivity (Wildman–Crippen MR) is 69.3 cm³/mol. The Kier molecular flexibility index (Phi) is 8.17. The smallest absolute Gasteiger partial charge is 0.0202 e. The van der Waals surface area contributed by atoms with Gasteiger partial charge in [0, 0.05) is 18.9 Å². The fourth-order valence-electron chi connectivity index (χ4n) is 2.04. The topological polar surface area (TPSA) is 4.93 Å². The molecule has 0 aliphatic heterocycles. The van der Waals surface area contributed by atoms with Gasteiger partial charge in [0.1, 0.15) is 0 Å². The third kappa shape index (κ3) is 4.55. The molecule has 0 aliphatic rings. The zero-order valence-electron chi connectivity index (χ0n) is 11.1. The van der Waals surface area contributed by atoms with E-state index < -0.39 is 0 Å².